The van der Waals surface area contributed by atoms with Gasteiger partial charge in [-0.05, 0) is 24.3 Å². The van der Waals surface area contributed by atoms with E-state index < -0.39 is 0 Å². The average molecular weight is 285 g/mol. The fraction of sp³-hybridized carbons (Fsp3) is 0.250. The van der Waals surface area contributed by atoms with E-state index in [-0.39, 0.29) is 0 Å². The summed E-state index contributed by atoms with van der Waals surface area (Å²) < 4.78 is 11.5. The van der Waals surface area contributed by atoms with E-state index in [1.54, 1.807) is 11.8 Å². The molecule has 2 aliphatic heterocycles. The van der Waals surface area contributed by atoms with Crippen LogP contribution in [0, 0.1) is 0 Å². The van der Waals surface area contributed by atoms with Crippen molar-refractivity contribution in [3.05, 3.63) is 42.5 Å². The first-order chi connectivity index (χ1) is 9.92. The second-order valence-electron chi connectivity index (χ2n) is 4.85. The first-order valence-corrected chi connectivity index (χ1v) is 7.64. The molecule has 0 radical (unpaired) electrons. The Balaban J connectivity index is 1.74. The summed E-state index contributed by atoms with van der Waals surface area (Å²) in [5.74, 6) is 1.90. The number of anilines is 1. The molecule has 0 spiro atoms. The monoisotopic (exact) mass is 285 g/mol. The van der Waals surface area contributed by atoms with Gasteiger partial charge in [0.05, 0.1) is 28.7 Å². The molecule has 0 amide bonds. The maximum atomic E-state index is 6.03. The lowest BCUT2D eigenvalue weighted by Crippen LogP contribution is -2.36. The van der Waals surface area contributed by atoms with Crippen LogP contribution in [0.3, 0.4) is 0 Å². The Morgan fingerprint density at radius 3 is 2.60 bits per heavy atom. The summed E-state index contributed by atoms with van der Waals surface area (Å²) in [5, 5.41) is 0. The minimum atomic E-state index is 0.797. The molecule has 102 valence electrons. The standard InChI is InChI=1S/C16H15NO2S/c1-2-7-15-13(5-1)19-14-6-3-4-12(16(14)20-15)17-8-10-18-11-9-17/h1-7H,8-11H2. The van der Waals surface area contributed by atoms with Gasteiger partial charge in [0.25, 0.3) is 0 Å². The molecule has 1 fully saturated rings. The number of hydrogen-bond acceptors (Lipinski definition) is 4. The Hall–Kier alpha value is -1.65. The van der Waals surface area contributed by atoms with Crippen molar-refractivity contribution in [3.8, 4) is 11.5 Å². The predicted molar refractivity (Wildman–Crippen MR) is 80.1 cm³/mol. The molecule has 1 saturated heterocycles. The summed E-state index contributed by atoms with van der Waals surface area (Å²) in [5.41, 5.74) is 1.25. The minimum absolute atomic E-state index is 0.797. The van der Waals surface area contributed by atoms with E-state index in [9.17, 15) is 0 Å². The minimum Gasteiger partial charge on any atom is -0.455 e. The molecule has 2 aromatic rings. The van der Waals surface area contributed by atoms with Crippen molar-refractivity contribution >= 4 is 17.4 Å². The van der Waals surface area contributed by atoms with Gasteiger partial charge in [-0.25, -0.2) is 0 Å². The lowest BCUT2D eigenvalue weighted by atomic mass is 10.2. The van der Waals surface area contributed by atoms with E-state index >= 15 is 0 Å². The SMILES string of the molecule is c1ccc2c(c1)Oc1cccc(N3CCOCC3)c1S2. The van der Waals surface area contributed by atoms with Crippen LogP contribution in [0.25, 0.3) is 0 Å². The molecule has 4 rings (SSSR count). The summed E-state index contributed by atoms with van der Waals surface area (Å²) >= 11 is 1.80. The van der Waals surface area contributed by atoms with Crippen molar-refractivity contribution in [1.82, 2.24) is 0 Å². The van der Waals surface area contributed by atoms with Gasteiger partial charge in [0.2, 0.25) is 0 Å². The van der Waals surface area contributed by atoms with Gasteiger partial charge < -0.3 is 14.4 Å². The number of morpholine rings is 1. The smallest absolute Gasteiger partial charge is 0.143 e. The summed E-state index contributed by atoms with van der Waals surface area (Å²) in [6, 6.07) is 14.5. The molecule has 0 atom stereocenters. The lowest BCUT2D eigenvalue weighted by Gasteiger charge is -2.32. The molecule has 2 heterocycles. The van der Waals surface area contributed by atoms with Crippen molar-refractivity contribution in [1.29, 1.82) is 0 Å². The van der Waals surface area contributed by atoms with Gasteiger partial charge in [0, 0.05) is 13.1 Å². The quantitative estimate of drug-likeness (QED) is 0.678. The number of nitrogens with zero attached hydrogens (tertiary/aromatic N) is 1. The molecular formula is C16H15NO2S. The molecule has 0 aliphatic carbocycles. The van der Waals surface area contributed by atoms with Gasteiger partial charge >= 0.3 is 0 Å². The Morgan fingerprint density at radius 2 is 1.70 bits per heavy atom. The van der Waals surface area contributed by atoms with Crippen molar-refractivity contribution in [3.63, 3.8) is 0 Å². The van der Waals surface area contributed by atoms with E-state index in [2.05, 4.69) is 29.2 Å². The number of fused-ring (bicyclic) bond motifs is 2. The van der Waals surface area contributed by atoms with Crippen LogP contribution < -0.4 is 9.64 Å². The summed E-state index contributed by atoms with van der Waals surface area (Å²) in [6.45, 7) is 3.48. The zero-order valence-electron chi connectivity index (χ0n) is 11.0. The number of para-hydroxylation sites is 1. The molecular weight excluding hydrogens is 270 g/mol. The van der Waals surface area contributed by atoms with Crippen molar-refractivity contribution < 1.29 is 9.47 Å². The maximum absolute atomic E-state index is 6.03. The Labute approximate surface area is 122 Å². The first kappa shape index (κ1) is 12.1. The van der Waals surface area contributed by atoms with Crippen LogP contribution >= 0.6 is 11.8 Å². The van der Waals surface area contributed by atoms with Gasteiger partial charge in [-0.1, -0.05) is 30.0 Å². The summed E-state index contributed by atoms with van der Waals surface area (Å²) in [4.78, 5) is 4.78. The molecule has 2 aromatic carbocycles. The number of ether oxygens (including phenoxy) is 2. The van der Waals surface area contributed by atoms with Gasteiger partial charge in [0.1, 0.15) is 11.5 Å². The van der Waals surface area contributed by atoms with E-state index in [4.69, 9.17) is 9.47 Å². The topological polar surface area (TPSA) is 21.7 Å². The van der Waals surface area contributed by atoms with Crippen LogP contribution in [0.4, 0.5) is 5.69 Å². The van der Waals surface area contributed by atoms with Crippen LogP contribution in [0.1, 0.15) is 0 Å². The molecule has 0 N–H and O–H groups in total. The molecule has 2 aliphatic rings. The first-order valence-electron chi connectivity index (χ1n) is 6.82. The van der Waals surface area contributed by atoms with Crippen LogP contribution in [-0.4, -0.2) is 26.3 Å². The van der Waals surface area contributed by atoms with Crippen LogP contribution in [0.2, 0.25) is 0 Å². The third kappa shape index (κ3) is 2.05. The largest absolute Gasteiger partial charge is 0.455 e. The number of hydrogen-bond donors (Lipinski definition) is 0. The molecule has 0 bridgehead atoms. The Bertz CT molecular complexity index is 638. The Kier molecular flexibility index (Phi) is 3.05. The van der Waals surface area contributed by atoms with Crippen LogP contribution in [0.15, 0.2) is 52.3 Å². The second kappa shape index (κ2) is 5.04. The van der Waals surface area contributed by atoms with Gasteiger partial charge in [-0.2, -0.15) is 0 Å². The maximum Gasteiger partial charge on any atom is 0.143 e. The van der Waals surface area contributed by atoms with Crippen molar-refractivity contribution in [2.75, 3.05) is 31.2 Å². The number of benzene rings is 2. The molecule has 4 heteroatoms. The van der Waals surface area contributed by atoms with Gasteiger partial charge in [-0.15, -0.1) is 0 Å². The molecule has 20 heavy (non-hydrogen) atoms. The Morgan fingerprint density at radius 1 is 0.900 bits per heavy atom. The second-order valence-corrected chi connectivity index (χ2v) is 5.91. The van der Waals surface area contributed by atoms with Gasteiger partial charge in [-0.3, -0.25) is 0 Å². The third-order valence-corrected chi connectivity index (χ3v) is 4.76. The zero-order valence-corrected chi connectivity index (χ0v) is 11.9. The highest BCUT2D eigenvalue weighted by molar-refractivity contribution is 7.99. The van der Waals surface area contributed by atoms with Crippen LogP contribution in [0.5, 0.6) is 11.5 Å². The molecule has 3 nitrogen and oxygen atoms in total. The lowest BCUT2D eigenvalue weighted by molar-refractivity contribution is 0.122. The summed E-state index contributed by atoms with van der Waals surface area (Å²) in [7, 11) is 0. The highest BCUT2D eigenvalue weighted by atomic mass is 32.2. The van der Waals surface area contributed by atoms with E-state index in [1.165, 1.54) is 15.5 Å². The zero-order chi connectivity index (χ0) is 13.4. The van der Waals surface area contributed by atoms with Gasteiger partial charge in [0.15, 0.2) is 0 Å². The molecule has 0 unspecified atom stereocenters. The molecule has 0 saturated carbocycles. The fourth-order valence-electron chi connectivity index (χ4n) is 2.59. The number of rotatable bonds is 1. The van der Waals surface area contributed by atoms with E-state index in [0.29, 0.717) is 0 Å². The highest BCUT2D eigenvalue weighted by Gasteiger charge is 2.23. The average Bonchev–Trinajstić information content (AvgIpc) is 2.53. The van der Waals surface area contributed by atoms with E-state index in [1.807, 2.05) is 18.2 Å². The molecule has 0 aromatic heterocycles. The third-order valence-electron chi connectivity index (χ3n) is 3.59. The predicted octanol–water partition coefficient (Wildman–Crippen LogP) is 3.78. The highest BCUT2D eigenvalue weighted by Crippen LogP contribution is 2.50. The fourth-order valence-corrected chi connectivity index (χ4v) is 3.68. The normalized spacial score (nSPS) is 17.1. The van der Waals surface area contributed by atoms with Crippen molar-refractivity contribution in [2.45, 2.75) is 9.79 Å². The summed E-state index contributed by atoms with van der Waals surface area (Å²) in [6.07, 6.45) is 0. The van der Waals surface area contributed by atoms with E-state index in [0.717, 1.165) is 37.8 Å². The van der Waals surface area contributed by atoms with Crippen LogP contribution in [-0.2, 0) is 4.74 Å². The van der Waals surface area contributed by atoms with Crippen molar-refractivity contribution in [2.24, 2.45) is 0 Å².